The lowest BCUT2D eigenvalue weighted by molar-refractivity contribution is -0.118. The third-order valence-electron chi connectivity index (χ3n) is 0.827. The summed E-state index contributed by atoms with van der Waals surface area (Å²) in [5.74, 6) is -0.515. The Hall–Kier alpha value is -0.420. The van der Waals surface area contributed by atoms with Gasteiger partial charge in [0.2, 0.25) is 5.91 Å². The van der Waals surface area contributed by atoms with Gasteiger partial charge in [-0.25, -0.2) is 4.57 Å². The monoisotopic (exact) mass is 183 g/mol. The maximum Gasteiger partial charge on any atom is 0.469 e. The van der Waals surface area contributed by atoms with Gasteiger partial charge in [-0.05, 0) is 6.42 Å². The summed E-state index contributed by atoms with van der Waals surface area (Å²) < 4.78 is 14.1. The summed E-state index contributed by atoms with van der Waals surface area (Å²) in [5, 5.41) is 0. The number of primary amides is 1. The van der Waals surface area contributed by atoms with Crippen molar-refractivity contribution in [2.75, 3.05) is 6.61 Å². The van der Waals surface area contributed by atoms with Crippen molar-refractivity contribution >= 4 is 13.7 Å². The van der Waals surface area contributed by atoms with Crippen LogP contribution < -0.4 is 5.73 Å². The van der Waals surface area contributed by atoms with E-state index in [4.69, 9.17) is 15.5 Å². The zero-order valence-electron chi connectivity index (χ0n) is 5.77. The average molecular weight is 183 g/mol. The van der Waals surface area contributed by atoms with Crippen molar-refractivity contribution < 1.29 is 23.7 Å². The van der Waals surface area contributed by atoms with Crippen LogP contribution in [-0.4, -0.2) is 22.3 Å². The zero-order chi connectivity index (χ0) is 8.91. The molecule has 0 unspecified atom stereocenters. The van der Waals surface area contributed by atoms with Crippen LogP contribution in [0.4, 0.5) is 0 Å². The molecule has 7 heteroatoms. The van der Waals surface area contributed by atoms with Crippen molar-refractivity contribution in [3.63, 3.8) is 0 Å². The number of hydrogen-bond acceptors (Lipinski definition) is 3. The summed E-state index contributed by atoms with van der Waals surface area (Å²) >= 11 is 0. The highest BCUT2D eigenvalue weighted by atomic mass is 31.2. The van der Waals surface area contributed by atoms with Crippen LogP contribution in [0.5, 0.6) is 0 Å². The van der Waals surface area contributed by atoms with Crippen molar-refractivity contribution in [3.05, 3.63) is 0 Å². The lowest BCUT2D eigenvalue weighted by Gasteiger charge is -2.02. The van der Waals surface area contributed by atoms with Crippen molar-refractivity contribution in [1.29, 1.82) is 0 Å². The first-order chi connectivity index (χ1) is 4.92. The summed E-state index contributed by atoms with van der Waals surface area (Å²) in [5.41, 5.74) is 4.75. The van der Waals surface area contributed by atoms with Crippen molar-refractivity contribution in [1.82, 2.24) is 0 Å². The number of rotatable bonds is 5. The first-order valence-corrected chi connectivity index (χ1v) is 4.43. The number of phosphoric ester groups is 1. The van der Waals surface area contributed by atoms with Gasteiger partial charge in [-0.3, -0.25) is 9.32 Å². The highest BCUT2D eigenvalue weighted by Crippen LogP contribution is 2.35. The minimum Gasteiger partial charge on any atom is -0.370 e. The van der Waals surface area contributed by atoms with Gasteiger partial charge >= 0.3 is 7.82 Å². The van der Waals surface area contributed by atoms with E-state index >= 15 is 0 Å². The molecule has 0 saturated heterocycles. The van der Waals surface area contributed by atoms with E-state index in [2.05, 4.69) is 4.52 Å². The lowest BCUT2D eigenvalue weighted by atomic mass is 10.3. The molecule has 0 aromatic carbocycles. The van der Waals surface area contributed by atoms with Gasteiger partial charge in [0.1, 0.15) is 0 Å². The molecule has 0 bridgehead atoms. The van der Waals surface area contributed by atoms with Crippen LogP contribution in [0.3, 0.4) is 0 Å². The fourth-order valence-corrected chi connectivity index (χ4v) is 0.797. The molecule has 0 radical (unpaired) electrons. The third kappa shape index (κ3) is 9.58. The normalized spacial score (nSPS) is 11.5. The van der Waals surface area contributed by atoms with Crippen LogP contribution in [0.2, 0.25) is 0 Å². The minimum atomic E-state index is -4.38. The largest absolute Gasteiger partial charge is 0.469 e. The molecule has 0 aliphatic heterocycles. The Balaban J connectivity index is 3.29. The van der Waals surface area contributed by atoms with Gasteiger partial charge in [-0.1, -0.05) is 0 Å². The number of nitrogens with two attached hydrogens (primary N) is 1. The smallest absolute Gasteiger partial charge is 0.370 e. The van der Waals surface area contributed by atoms with E-state index in [1.54, 1.807) is 0 Å². The van der Waals surface area contributed by atoms with Gasteiger partial charge in [0, 0.05) is 6.42 Å². The van der Waals surface area contributed by atoms with Gasteiger partial charge in [-0.15, -0.1) is 0 Å². The molecule has 0 spiro atoms. The number of phosphoric acid groups is 1. The topological polar surface area (TPSA) is 110 Å². The van der Waals surface area contributed by atoms with Crippen LogP contribution in [0.1, 0.15) is 12.8 Å². The van der Waals surface area contributed by atoms with E-state index in [-0.39, 0.29) is 19.4 Å². The number of hydrogen-bond donors (Lipinski definition) is 3. The molecule has 0 fully saturated rings. The maximum atomic E-state index is 10.1. The third-order valence-corrected chi connectivity index (χ3v) is 1.35. The van der Waals surface area contributed by atoms with E-state index in [0.717, 1.165) is 0 Å². The fraction of sp³-hybridized carbons (Fsp3) is 0.750. The van der Waals surface area contributed by atoms with Crippen LogP contribution in [0, 0.1) is 0 Å². The van der Waals surface area contributed by atoms with E-state index < -0.39 is 13.7 Å². The highest BCUT2D eigenvalue weighted by Gasteiger charge is 2.12. The molecule has 0 saturated carbocycles. The second-order valence-electron chi connectivity index (χ2n) is 1.89. The first kappa shape index (κ1) is 10.6. The number of amides is 1. The molecular weight excluding hydrogens is 173 g/mol. The molecule has 0 heterocycles. The van der Waals surface area contributed by atoms with Gasteiger partial charge in [0.25, 0.3) is 0 Å². The second-order valence-corrected chi connectivity index (χ2v) is 3.13. The van der Waals surface area contributed by atoms with E-state index in [9.17, 15) is 9.36 Å². The highest BCUT2D eigenvalue weighted by molar-refractivity contribution is 7.46. The van der Waals surface area contributed by atoms with E-state index in [0.29, 0.717) is 0 Å². The predicted octanol–water partition coefficient (Wildman–Crippen LogP) is -0.639. The van der Waals surface area contributed by atoms with Gasteiger partial charge < -0.3 is 15.5 Å². The molecule has 0 atom stereocenters. The van der Waals surface area contributed by atoms with Gasteiger partial charge in [0.05, 0.1) is 6.61 Å². The Morgan fingerprint density at radius 3 is 2.45 bits per heavy atom. The molecule has 0 aliphatic carbocycles. The van der Waals surface area contributed by atoms with Crippen LogP contribution in [0.25, 0.3) is 0 Å². The molecule has 6 nitrogen and oxygen atoms in total. The molecule has 66 valence electrons. The maximum absolute atomic E-state index is 10.1. The molecular formula is C4H10NO5P. The molecule has 0 aliphatic rings. The van der Waals surface area contributed by atoms with Crippen molar-refractivity contribution in [2.45, 2.75) is 12.8 Å². The fourth-order valence-electron chi connectivity index (χ4n) is 0.430. The summed E-state index contributed by atoms with van der Waals surface area (Å²) in [4.78, 5) is 26.4. The summed E-state index contributed by atoms with van der Waals surface area (Å²) in [6.45, 7) is -0.160. The molecule has 0 rings (SSSR count). The Morgan fingerprint density at radius 2 is 2.09 bits per heavy atom. The minimum absolute atomic E-state index is 0.0694. The van der Waals surface area contributed by atoms with Gasteiger partial charge in [-0.2, -0.15) is 0 Å². The molecule has 4 N–H and O–H groups in total. The Bertz CT molecular complexity index is 175. The molecule has 0 aromatic rings. The standard InChI is InChI=1S/C4H10NO5P/c5-4(6)2-1-3-10-11(7,8)9/h1-3H2,(H2,5,6)(H2,7,8,9). The molecule has 0 aromatic heterocycles. The van der Waals surface area contributed by atoms with Crippen molar-refractivity contribution in [2.24, 2.45) is 5.73 Å². The summed E-state index contributed by atoms with van der Waals surface area (Å²) in [7, 11) is -4.38. The summed E-state index contributed by atoms with van der Waals surface area (Å²) in [6.07, 6.45) is 0.292. The first-order valence-electron chi connectivity index (χ1n) is 2.90. The van der Waals surface area contributed by atoms with Crippen LogP contribution >= 0.6 is 7.82 Å². The Kier molecular flexibility index (Phi) is 4.29. The predicted molar refractivity (Wildman–Crippen MR) is 36.4 cm³/mol. The van der Waals surface area contributed by atoms with Crippen LogP contribution in [0.15, 0.2) is 0 Å². The zero-order valence-corrected chi connectivity index (χ0v) is 6.66. The van der Waals surface area contributed by atoms with E-state index in [1.807, 2.05) is 0 Å². The van der Waals surface area contributed by atoms with E-state index in [1.165, 1.54) is 0 Å². The number of carbonyl (C=O) groups excluding carboxylic acids is 1. The SMILES string of the molecule is NC(=O)CCCOP(=O)(O)O. The molecule has 1 amide bonds. The van der Waals surface area contributed by atoms with Crippen LogP contribution in [-0.2, 0) is 13.9 Å². The summed E-state index contributed by atoms with van der Waals surface area (Å²) in [6, 6.07) is 0. The van der Waals surface area contributed by atoms with Gasteiger partial charge in [0.15, 0.2) is 0 Å². The Morgan fingerprint density at radius 1 is 1.55 bits per heavy atom. The van der Waals surface area contributed by atoms with Crippen molar-refractivity contribution in [3.8, 4) is 0 Å². The lowest BCUT2D eigenvalue weighted by Crippen LogP contribution is -2.10. The Labute approximate surface area is 63.6 Å². The second kappa shape index (κ2) is 4.46. The average Bonchev–Trinajstić information content (AvgIpc) is 1.78. The number of carbonyl (C=O) groups is 1. The quantitative estimate of drug-likeness (QED) is 0.388. The molecule has 11 heavy (non-hydrogen) atoms.